The van der Waals surface area contributed by atoms with E-state index in [0.29, 0.717) is 31.6 Å². The van der Waals surface area contributed by atoms with Crippen LogP contribution in [0, 0.1) is 5.82 Å². The number of benzene rings is 2. The van der Waals surface area contributed by atoms with Gasteiger partial charge in [0.1, 0.15) is 11.7 Å². The van der Waals surface area contributed by atoms with Crippen molar-refractivity contribution in [2.24, 2.45) is 21.5 Å². The molecule has 0 aliphatic carbocycles. The topological polar surface area (TPSA) is 135 Å². The molecule has 0 spiro atoms. The van der Waals surface area contributed by atoms with Gasteiger partial charge in [-0.15, -0.1) is 0 Å². The fourth-order valence-electron chi connectivity index (χ4n) is 3.65. The van der Waals surface area contributed by atoms with Gasteiger partial charge in [0.15, 0.2) is 0 Å². The minimum absolute atomic E-state index is 0.0279. The van der Waals surface area contributed by atoms with Crippen LogP contribution in [0.1, 0.15) is 12.0 Å². The number of nitrogens with one attached hydrogen (secondary N) is 1. The number of hydrogen-bond acceptors (Lipinski definition) is 6. The summed E-state index contributed by atoms with van der Waals surface area (Å²) in [4.78, 5) is 34.3. The number of carbonyl (C=O) groups is 2. The molecule has 1 fully saturated rings. The van der Waals surface area contributed by atoms with Gasteiger partial charge in [0.05, 0.1) is 30.0 Å². The molecule has 1 heterocycles. The van der Waals surface area contributed by atoms with Crippen LogP contribution in [0.2, 0.25) is 0 Å². The Morgan fingerprint density at radius 2 is 1.89 bits per heavy atom. The molecule has 0 saturated carbocycles. The first-order valence-corrected chi connectivity index (χ1v) is 11.1. The molecule has 0 aromatic heterocycles. The Morgan fingerprint density at radius 3 is 2.54 bits per heavy atom. The highest BCUT2D eigenvalue weighted by Gasteiger charge is 2.31. The van der Waals surface area contributed by atoms with Crippen LogP contribution in [-0.2, 0) is 16.0 Å². The molecule has 9 nitrogen and oxygen atoms in total. The molecule has 3 rings (SSSR count). The average Bonchev–Trinajstić information content (AvgIpc) is 2.86. The van der Waals surface area contributed by atoms with E-state index >= 15 is 0 Å². The maximum Gasteiger partial charge on any atom is 0.409 e. The standard InChI is InChI=1S/C25H29FN6O3/c1-29-22-16-32(25(34)35-14-12-17-5-3-2-4-6-17)13-11-21(22)30-15-20(24(28)33)23(27)31-19-9-7-18(26)8-10-19/h2-10,15,21-22,30H,1,11-14,16H2,(H2,27,31)(H2,28,33)/b20-15+/t21-,22-/m1/s1. The Labute approximate surface area is 203 Å². The molecule has 2 aromatic carbocycles. The van der Waals surface area contributed by atoms with E-state index < -0.39 is 17.8 Å². The van der Waals surface area contributed by atoms with E-state index in [4.69, 9.17) is 16.2 Å². The molecule has 184 valence electrons. The van der Waals surface area contributed by atoms with E-state index in [-0.39, 0.29) is 30.1 Å². The van der Waals surface area contributed by atoms with Crippen molar-refractivity contribution >= 4 is 30.2 Å². The van der Waals surface area contributed by atoms with Crippen molar-refractivity contribution in [3.8, 4) is 0 Å². The summed E-state index contributed by atoms with van der Waals surface area (Å²) >= 11 is 0. The van der Waals surface area contributed by atoms with Gasteiger partial charge in [-0.2, -0.15) is 0 Å². The molecule has 0 radical (unpaired) electrons. The van der Waals surface area contributed by atoms with E-state index in [0.717, 1.165) is 5.56 Å². The first-order chi connectivity index (χ1) is 16.9. The van der Waals surface area contributed by atoms with Gasteiger partial charge in [0, 0.05) is 25.7 Å². The fourth-order valence-corrected chi connectivity index (χ4v) is 3.65. The molecule has 5 N–H and O–H groups in total. The quantitative estimate of drug-likeness (QED) is 0.287. The van der Waals surface area contributed by atoms with Crippen LogP contribution in [0.4, 0.5) is 14.9 Å². The van der Waals surface area contributed by atoms with Crippen LogP contribution in [0.3, 0.4) is 0 Å². The van der Waals surface area contributed by atoms with Gasteiger partial charge in [-0.3, -0.25) is 9.79 Å². The number of rotatable bonds is 9. The van der Waals surface area contributed by atoms with Crippen LogP contribution >= 0.6 is 0 Å². The molecule has 0 bridgehead atoms. The SMILES string of the molecule is C=N[C@@H]1CN(C(=O)OCCc2ccccc2)CC[C@H]1N/C=C(/C(N)=O)C(N)=Nc1ccc(F)cc1. The van der Waals surface area contributed by atoms with Crippen molar-refractivity contribution < 1.29 is 18.7 Å². The number of hydrogen-bond donors (Lipinski definition) is 3. The number of amides is 2. The number of aliphatic imine (C=N–C) groups is 2. The molecule has 0 unspecified atom stereocenters. The summed E-state index contributed by atoms with van der Waals surface area (Å²) in [5.41, 5.74) is 12.9. The van der Waals surface area contributed by atoms with Gasteiger partial charge in [0.25, 0.3) is 5.91 Å². The number of piperidine rings is 1. The van der Waals surface area contributed by atoms with Gasteiger partial charge >= 0.3 is 6.09 Å². The first-order valence-electron chi connectivity index (χ1n) is 11.1. The van der Waals surface area contributed by atoms with Crippen LogP contribution in [0.25, 0.3) is 0 Å². The zero-order valence-corrected chi connectivity index (χ0v) is 19.3. The van der Waals surface area contributed by atoms with Gasteiger partial charge in [-0.1, -0.05) is 30.3 Å². The monoisotopic (exact) mass is 480 g/mol. The van der Waals surface area contributed by atoms with E-state index in [1.807, 2.05) is 30.3 Å². The fraction of sp³-hybridized carbons (Fsp3) is 0.280. The number of nitrogens with two attached hydrogens (primary N) is 2. The Hall–Kier alpha value is -4.21. The summed E-state index contributed by atoms with van der Waals surface area (Å²) in [5, 5.41) is 3.11. The summed E-state index contributed by atoms with van der Waals surface area (Å²) in [6, 6.07) is 14.6. The van der Waals surface area contributed by atoms with E-state index in [1.54, 1.807) is 4.90 Å². The summed E-state index contributed by atoms with van der Waals surface area (Å²) in [6.45, 7) is 4.66. The largest absolute Gasteiger partial charge is 0.449 e. The second kappa shape index (κ2) is 12.3. The lowest BCUT2D eigenvalue weighted by Crippen LogP contribution is -2.52. The molecule has 2 atom stereocenters. The third-order valence-electron chi connectivity index (χ3n) is 5.59. The van der Waals surface area contributed by atoms with Crippen molar-refractivity contribution in [3.63, 3.8) is 0 Å². The molecular weight excluding hydrogens is 451 g/mol. The average molecular weight is 481 g/mol. The van der Waals surface area contributed by atoms with Gasteiger partial charge in [-0.25, -0.2) is 14.2 Å². The summed E-state index contributed by atoms with van der Waals surface area (Å²) in [7, 11) is 0. The lowest BCUT2D eigenvalue weighted by molar-refractivity contribution is -0.114. The molecule has 35 heavy (non-hydrogen) atoms. The molecule has 2 amide bonds. The molecule has 2 aromatic rings. The normalized spacial score (nSPS) is 18.6. The van der Waals surface area contributed by atoms with Crippen LogP contribution in [0.5, 0.6) is 0 Å². The number of amidine groups is 1. The molecule has 1 aliphatic rings. The number of ether oxygens (including phenoxy) is 1. The Morgan fingerprint density at radius 1 is 1.17 bits per heavy atom. The molecule has 1 aliphatic heterocycles. The maximum absolute atomic E-state index is 13.1. The maximum atomic E-state index is 13.1. The second-order valence-electron chi connectivity index (χ2n) is 8.00. The van der Waals surface area contributed by atoms with Crippen molar-refractivity contribution in [2.75, 3.05) is 19.7 Å². The van der Waals surface area contributed by atoms with Crippen LogP contribution in [0.15, 0.2) is 76.4 Å². The van der Waals surface area contributed by atoms with Crippen LogP contribution < -0.4 is 16.8 Å². The van der Waals surface area contributed by atoms with E-state index in [9.17, 15) is 14.0 Å². The Balaban J connectivity index is 1.57. The van der Waals surface area contributed by atoms with Crippen molar-refractivity contribution in [1.29, 1.82) is 0 Å². The Bertz CT molecular complexity index is 1090. The molecule has 10 heteroatoms. The number of nitrogens with zero attached hydrogens (tertiary/aromatic N) is 3. The van der Waals surface area contributed by atoms with Crippen molar-refractivity contribution in [1.82, 2.24) is 10.2 Å². The lowest BCUT2D eigenvalue weighted by Gasteiger charge is -2.36. The second-order valence-corrected chi connectivity index (χ2v) is 8.00. The predicted octanol–water partition coefficient (Wildman–Crippen LogP) is 2.30. The van der Waals surface area contributed by atoms with E-state index in [1.165, 1.54) is 30.5 Å². The smallest absolute Gasteiger partial charge is 0.409 e. The summed E-state index contributed by atoms with van der Waals surface area (Å²) in [5.74, 6) is -1.30. The van der Waals surface area contributed by atoms with Gasteiger partial charge < -0.3 is 26.4 Å². The minimum atomic E-state index is -0.775. The Kier molecular flexibility index (Phi) is 8.94. The number of likely N-dealkylation sites (tertiary alicyclic amines) is 1. The third-order valence-corrected chi connectivity index (χ3v) is 5.59. The van der Waals surface area contributed by atoms with E-state index in [2.05, 4.69) is 22.0 Å². The zero-order valence-electron chi connectivity index (χ0n) is 19.3. The highest BCUT2D eigenvalue weighted by molar-refractivity contribution is 6.20. The highest BCUT2D eigenvalue weighted by atomic mass is 19.1. The minimum Gasteiger partial charge on any atom is -0.449 e. The lowest BCUT2D eigenvalue weighted by atomic mass is 10.00. The highest BCUT2D eigenvalue weighted by Crippen LogP contribution is 2.17. The first kappa shape index (κ1) is 25.4. The molecule has 1 saturated heterocycles. The zero-order chi connectivity index (χ0) is 25.2. The van der Waals surface area contributed by atoms with Gasteiger partial charge in [-0.05, 0) is 43.0 Å². The number of carbonyl (C=O) groups excluding carboxylic acids is 2. The number of halogens is 1. The van der Waals surface area contributed by atoms with Crippen molar-refractivity contribution in [3.05, 3.63) is 77.8 Å². The third kappa shape index (κ3) is 7.39. The number of primary amides is 1. The van der Waals surface area contributed by atoms with Crippen molar-refractivity contribution in [2.45, 2.75) is 24.9 Å². The summed E-state index contributed by atoms with van der Waals surface area (Å²) < 4.78 is 18.5. The summed E-state index contributed by atoms with van der Waals surface area (Å²) in [6.07, 6.45) is 2.16. The molecular formula is C25H29FN6O3. The van der Waals surface area contributed by atoms with Gasteiger partial charge in [0.2, 0.25) is 0 Å². The predicted molar refractivity (Wildman–Crippen MR) is 133 cm³/mol. The van der Waals surface area contributed by atoms with Crippen LogP contribution in [-0.4, -0.2) is 61.2 Å².